The van der Waals surface area contributed by atoms with E-state index in [0.29, 0.717) is 0 Å². The van der Waals surface area contributed by atoms with Gasteiger partial charge in [0, 0.05) is 18.1 Å². The smallest absolute Gasteiger partial charge is 0.376 e. The van der Waals surface area contributed by atoms with Crippen molar-refractivity contribution in [3.63, 3.8) is 0 Å². The number of nitrogens with two attached hydrogens (primary N) is 1. The van der Waals surface area contributed by atoms with Crippen molar-refractivity contribution in [2.45, 2.75) is 62.0 Å². The standard InChI is InChI=1S/C48H49N3O7S/c1-47(2,3)58-43(53)28-27-40(44(54)46(56)57-30-39-37-25-15-13-23-35(37)36-24-14-16-26-38(36)39)51-45(55)41(50-42(52)29-49)31-59-48(32-17-7-4-8-18-32,33-19-9-5-10-20-33)34-21-11-6-12-22-34/h4-26,39-41H,27-31,49H2,1-3H3,(H,50,52)(H,51,55)/t40-,41-/m0/s1. The Labute approximate surface area is 349 Å². The van der Waals surface area contributed by atoms with Gasteiger partial charge in [0.15, 0.2) is 0 Å². The van der Waals surface area contributed by atoms with Crippen LogP contribution in [0.5, 0.6) is 0 Å². The summed E-state index contributed by atoms with van der Waals surface area (Å²) in [4.78, 5) is 67.7. The lowest BCUT2D eigenvalue weighted by Gasteiger charge is -2.36. The highest BCUT2D eigenvalue weighted by Crippen LogP contribution is 2.49. The van der Waals surface area contributed by atoms with Crippen molar-refractivity contribution in [3.05, 3.63) is 167 Å². The molecule has 1 aliphatic rings. The number of ketones is 1. The van der Waals surface area contributed by atoms with Crippen molar-refractivity contribution < 1.29 is 33.4 Å². The number of amides is 2. The van der Waals surface area contributed by atoms with Gasteiger partial charge in [-0.25, -0.2) is 4.79 Å². The van der Waals surface area contributed by atoms with E-state index in [4.69, 9.17) is 15.2 Å². The number of hydrogen-bond donors (Lipinski definition) is 3. The van der Waals surface area contributed by atoms with E-state index in [1.165, 1.54) is 11.8 Å². The Morgan fingerprint density at radius 2 is 1.14 bits per heavy atom. The maximum Gasteiger partial charge on any atom is 0.376 e. The average Bonchev–Trinajstić information content (AvgIpc) is 3.57. The lowest BCUT2D eigenvalue weighted by atomic mass is 9.84. The summed E-state index contributed by atoms with van der Waals surface area (Å²) in [5, 5.41) is 5.42. The Morgan fingerprint density at radius 1 is 0.661 bits per heavy atom. The van der Waals surface area contributed by atoms with Crippen LogP contribution in [0.25, 0.3) is 11.1 Å². The predicted molar refractivity (Wildman–Crippen MR) is 229 cm³/mol. The summed E-state index contributed by atoms with van der Waals surface area (Å²) in [5.74, 6) is -4.42. The van der Waals surface area contributed by atoms with Gasteiger partial charge in [-0.2, -0.15) is 0 Å². The van der Waals surface area contributed by atoms with Gasteiger partial charge in [0.2, 0.25) is 11.8 Å². The fourth-order valence-electron chi connectivity index (χ4n) is 7.42. The van der Waals surface area contributed by atoms with Crippen LogP contribution in [-0.2, 0) is 38.2 Å². The Bertz CT molecular complexity index is 2120. The van der Waals surface area contributed by atoms with E-state index < -0.39 is 58.5 Å². The minimum absolute atomic E-state index is 0.0220. The van der Waals surface area contributed by atoms with E-state index in [2.05, 4.69) is 10.6 Å². The average molecular weight is 812 g/mol. The maximum absolute atomic E-state index is 14.4. The van der Waals surface area contributed by atoms with Crippen molar-refractivity contribution in [2.75, 3.05) is 18.9 Å². The number of Topliss-reactive ketones (excluding diaryl/α,β-unsaturated/α-hetero) is 1. The molecule has 0 spiro atoms. The predicted octanol–water partition coefficient (Wildman–Crippen LogP) is 6.69. The second-order valence-corrected chi connectivity index (χ2v) is 16.5. The molecule has 2 atom stereocenters. The molecule has 0 fully saturated rings. The molecule has 2 amide bonds. The summed E-state index contributed by atoms with van der Waals surface area (Å²) in [6, 6.07) is 42.5. The van der Waals surface area contributed by atoms with Gasteiger partial charge in [0.05, 0.1) is 17.3 Å². The molecule has 0 unspecified atom stereocenters. The van der Waals surface area contributed by atoms with Crippen molar-refractivity contribution >= 4 is 41.3 Å². The summed E-state index contributed by atoms with van der Waals surface area (Å²) in [5.41, 5.74) is 11.7. The van der Waals surface area contributed by atoms with Gasteiger partial charge >= 0.3 is 11.9 Å². The summed E-state index contributed by atoms with van der Waals surface area (Å²) < 4.78 is 10.3. The molecule has 0 saturated carbocycles. The first-order valence-electron chi connectivity index (χ1n) is 19.6. The van der Waals surface area contributed by atoms with Crippen LogP contribution in [0.2, 0.25) is 0 Å². The van der Waals surface area contributed by atoms with Crippen molar-refractivity contribution in [3.8, 4) is 11.1 Å². The second-order valence-electron chi connectivity index (χ2n) is 15.3. The summed E-state index contributed by atoms with van der Waals surface area (Å²) in [6.07, 6.45) is -0.533. The van der Waals surface area contributed by atoms with Crippen LogP contribution in [0.1, 0.15) is 67.3 Å². The Hall–Kier alpha value is -6.04. The van der Waals surface area contributed by atoms with Crippen LogP contribution >= 0.6 is 11.8 Å². The Kier molecular flexibility index (Phi) is 13.8. The number of ether oxygens (including phenoxy) is 2. The highest BCUT2D eigenvalue weighted by Gasteiger charge is 2.40. The molecule has 0 heterocycles. The molecule has 4 N–H and O–H groups in total. The molecule has 1 aliphatic carbocycles. The van der Waals surface area contributed by atoms with Gasteiger partial charge in [-0.1, -0.05) is 140 Å². The summed E-state index contributed by atoms with van der Waals surface area (Å²) in [6.45, 7) is 4.65. The van der Waals surface area contributed by atoms with E-state index in [1.54, 1.807) is 20.8 Å². The molecule has 11 heteroatoms. The monoisotopic (exact) mass is 811 g/mol. The molecule has 59 heavy (non-hydrogen) atoms. The van der Waals surface area contributed by atoms with Crippen molar-refractivity contribution in [1.82, 2.24) is 10.6 Å². The fraction of sp³-hybridized carbons (Fsp3) is 0.271. The number of nitrogens with one attached hydrogen (secondary N) is 2. The van der Waals surface area contributed by atoms with Gasteiger partial charge in [-0.15, -0.1) is 11.8 Å². The lowest BCUT2D eigenvalue weighted by Crippen LogP contribution is -2.55. The SMILES string of the molecule is CC(C)(C)OC(=O)CC[C@H](NC(=O)[C@H](CSC(c1ccccc1)(c1ccccc1)c1ccccc1)NC(=O)CN)C(=O)C(=O)OCC1c2ccccc2-c2ccccc21. The van der Waals surface area contributed by atoms with Crippen molar-refractivity contribution in [1.29, 1.82) is 0 Å². The topological polar surface area (TPSA) is 154 Å². The zero-order chi connectivity index (χ0) is 42.0. The molecule has 0 radical (unpaired) electrons. The first-order valence-corrected chi connectivity index (χ1v) is 20.6. The molecule has 0 saturated heterocycles. The van der Waals surface area contributed by atoms with Gasteiger partial charge in [-0.3, -0.25) is 19.2 Å². The first-order chi connectivity index (χ1) is 28.4. The van der Waals surface area contributed by atoms with Gasteiger partial charge in [0.25, 0.3) is 5.78 Å². The van der Waals surface area contributed by atoms with Crippen molar-refractivity contribution in [2.24, 2.45) is 5.73 Å². The minimum Gasteiger partial charge on any atom is -0.460 e. The minimum atomic E-state index is -1.48. The summed E-state index contributed by atoms with van der Waals surface area (Å²) in [7, 11) is 0. The zero-order valence-corrected chi connectivity index (χ0v) is 34.2. The largest absolute Gasteiger partial charge is 0.460 e. The molecular weight excluding hydrogens is 763 g/mol. The van der Waals surface area contributed by atoms with Crippen LogP contribution in [0.3, 0.4) is 0 Å². The lowest BCUT2D eigenvalue weighted by molar-refractivity contribution is -0.157. The highest BCUT2D eigenvalue weighted by molar-refractivity contribution is 8.00. The molecule has 0 bridgehead atoms. The Balaban J connectivity index is 1.27. The van der Waals surface area contributed by atoms with Crippen LogP contribution in [0, 0.1) is 0 Å². The molecule has 0 aliphatic heterocycles. The van der Waals surface area contributed by atoms with E-state index in [-0.39, 0.29) is 31.1 Å². The van der Waals surface area contributed by atoms with E-state index >= 15 is 0 Å². The van der Waals surface area contributed by atoms with E-state index in [0.717, 1.165) is 38.9 Å². The molecule has 5 aromatic carbocycles. The second kappa shape index (κ2) is 19.1. The quantitative estimate of drug-likeness (QED) is 0.0530. The number of carbonyl (C=O) groups is 5. The normalized spacial score (nSPS) is 13.3. The van der Waals surface area contributed by atoms with Crippen LogP contribution < -0.4 is 16.4 Å². The number of benzene rings is 5. The zero-order valence-electron chi connectivity index (χ0n) is 33.4. The Morgan fingerprint density at radius 3 is 1.61 bits per heavy atom. The number of carbonyl (C=O) groups excluding carboxylic acids is 5. The third kappa shape index (κ3) is 10.2. The summed E-state index contributed by atoms with van der Waals surface area (Å²) >= 11 is 1.43. The molecule has 304 valence electrons. The third-order valence-corrected chi connectivity index (χ3v) is 11.7. The van der Waals surface area contributed by atoms with Crippen LogP contribution in [0.15, 0.2) is 140 Å². The van der Waals surface area contributed by atoms with Gasteiger partial charge in [-0.05, 0) is 66.1 Å². The third-order valence-electron chi connectivity index (χ3n) is 10.1. The highest BCUT2D eigenvalue weighted by atomic mass is 32.2. The molecule has 6 rings (SSSR count). The van der Waals surface area contributed by atoms with Gasteiger partial charge in [0.1, 0.15) is 18.2 Å². The van der Waals surface area contributed by atoms with E-state index in [9.17, 15) is 24.0 Å². The number of esters is 2. The first kappa shape index (κ1) is 42.6. The van der Waals surface area contributed by atoms with Gasteiger partial charge < -0.3 is 25.8 Å². The van der Waals surface area contributed by atoms with Crippen LogP contribution in [-0.4, -0.2) is 66.1 Å². The number of fused-ring (bicyclic) bond motifs is 3. The van der Waals surface area contributed by atoms with Crippen LogP contribution in [0.4, 0.5) is 0 Å². The molecule has 10 nitrogen and oxygen atoms in total. The molecule has 5 aromatic rings. The molecular formula is C48H49N3O7S. The maximum atomic E-state index is 14.4. The number of hydrogen-bond acceptors (Lipinski definition) is 9. The number of rotatable bonds is 17. The van der Waals surface area contributed by atoms with E-state index in [1.807, 2.05) is 140 Å². The number of thioether (sulfide) groups is 1. The molecule has 0 aromatic heterocycles. The fourth-order valence-corrected chi connectivity index (χ4v) is 8.98.